The predicted octanol–water partition coefficient (Wildman–Crippen LogP) is 3.04. The molecule has 2 aromatic rings. The van der Waals surface area contributed by atoms with Gasteiger partial charge in [0.15, 0.2) is 0 Å². The Morgan fingerprint density at radius 1 is 1.09 bits per heavy atom. The molecule has 0 atom stereocenters. The molecule has 1 fully saturated rings. The van der Waals surface area contributed by atoms with Crippen molar-refractivity contribution in [3.05, 3.63) is 47.3 Å². The van der Waals surface area contributed by atoms with E-state index in [4.69, 9.17) is 0 Å². The lowest BCUT2D eigenvalue weighted by Crippen LogP contribution is -2.36. The molecule has 4 heteroatoms. The average Bonchev–Trinajstić information content (AvgIpc) is 2.84. The van der Waals surface area contributed by atoms with Crippen molar-refractivity contribution in [1.29, 1.82) is 0 Å². The van der Waals surface area contributed by atoms with Crippen LogP contribution in [0.3, 0.4) is 0 Å². The number of nitrogens with zero attached hydrogens (tertiary/aromatic N) is 3. The molecule has 1 amide bonds. The van der Waals surface area contributed by atoms with Gasteiger partial charge in [0.1, 0.15) is 0 Å². The number of para-hydroxylation sites is 1. The summed E-state index contributed by atoms with van der Waals surface area (Å²) in [6.45, 7) is 5.85. The van der Waals surface area contributed by atoms with Crippen LogP contribution in [0.5, 0.6) is 0 Å². The summed E-state index contributed by atoms with van der Waals surface area (Å²) in [5, 5.41) is 4.62. The summed E-state index contributed by atoms with van der Waals surface area (Å²) in [6, 6.07) is 10.1. The first-order valence-electron chi connectivity index (χ1n) is 8.05. The van der Waals surface area contributed by atoms with E-state index in [2.05, 4.69) is 5.10 Å². The predicted molar refractivity (Wildman–Crippen MR) is 87.2 cm³/mol. The molecule has 2 heterocycles. The minimum absolute atomic E-state index is 0.235. The fourth-order valence-electron chi connectivity index (χ4n) is 3.16. The zero-order chi connectivity index (χ0) is 15.5. The Morgan fingerprint density at radius 2 is 1.77 bits per heavy atom. The molecule has 4 nitrogen and oxygen atoms in total. The number of likely N-dealkylation sites (tertiary alicyclic amines) is 1. The quantitative estimate of drug-likeness (QED) is 0.873. The molecule has 1 aliphatic rings. The normalized spacial score (nSPS) is 15.1. The van der Waals surface area contributed by atoms with E-state index in [9.17, 15) is 4.79 Å². The Bertz CT molecular complexity index is 654. The maximum atomic E-state index is 12.5. The van der Waals surface area contributed by atoms with Crippen LogP contribution in [-0.2, 0) is 11.2 Å². The van der Waals surface area contributed by atoms with Gasteiger partial charge in [-0.15, -0.1) is 0 Å². The topological polar surface area (TPSA) is 38.1 Å². The number of amides is 1. The average molecular weight is 297 g/mol. The molecule has 3 rings (SSSR count). The molecule has 1 aromatic heterocycles. The molecule has 0 unspecified atom stereocenters. The van der Waals surface area contributed by atoms with Crippen LogP contribution in [0.25, 0.3) is 5.69 Å². The Hall–Kier alpha value is -2.10. The van der Waals surface area contributed by atoms with Gasteiger partial charge >= 0.3 is 0 Å². The Labute approximate surface area is 131 Å². The highest BCUT2D eigenvalue weighted by molar-refractivity contribution is 5.79. The smallest absolute Gasteiger partial charge is 0.227 e. The van der Waals surface area contributed by atoms with Crippen LogP contribution in [0.1, 0.15) is 36.2 Å². The minimum atomic E-state index is 0.235. The van der Waals surface area contributed by atoms with E-state index in [1.165, 1.54) is 6.42 Å². The number of rotatable bonds is 3. The molecule has 0 bridgehead atoms. The van der Waals surface area contributed by atoms with Crippen molar-refractivity contribution in [3.63, 3.8) is 0 Å². The van der Waals surface area contributed by atoms with E-state index < -0.39 is 0 Å². The minimum Gasteiger partial charge on any atom is -0.342 e. The first-order chi connectivity index (χ1) is 10.7. The SMILES string of the molecule is Cc1nn(-c2ccccc2)c(C)c1CC(=O)N1CCCCC1. The summed E-state index contributed by atoms with van der Waals surface area (Å²) in [4.78, 5) is 14.5. The van der Waals surface area contributed by atoms with Gasteiger partial charge in [0.25, 0.3) is 0 Å². The van der Waals surface area contributed by atoms with Crippen LogP contribution in [-0.4, -0.2) is 33.7 Å². The van der Waals surface area contributed by atoms with E-state index in [1.54, 1.807) is 0 Å². The van der Waals surface area contributed by atoms with Crippen molar-refractivity contribution in [2.45, 2.75) is 39.5 Å². The second-order valence-corrected chi connectivity index (χ2v) is 6.01. The van der Waals surface area contributed by atoms with Gasteiger partial charge in [-0.3, -0.25) is 4.79 Å². The standard InChI is InChI=1S/C18H23N3O/c1-14-17(13-18(22)20-11-7-4-8-12-20)15(2)21(19-14)16-9-5-3-6-10-16/h3,5-6,9-10H,4,7-8,11-13H2,1-2H3. The lowest BCUT2D eigenvalue weighted by Gasteiger charge is -2.26. The zero-order valence-electron chi connectivity index (χ0n) is 13.4. The monoisotopic (exact) mass is 297 g/mol. The summed E-state index contributed by atoms with van der Waals surface area (Å²) in [5.74, 6) is 0.235. The van der Waals surface area contributed by atoms with Gasteiger partial charge in [-0.25, -0.2) is 4.68 Å². The van der Waals surface area contributed by atoms with Crippen LogP contribution in [0.15, 0.2) is 30.3 Å². The highest BCUT2D eigenvalue weighted by Crippen LogP contribution is 2.20. The molecule has 0 saturated carbocycles. The molecule has 116 valence electrons. The maximum absolute atomic E-state index is 12.5. The first-order valence-corrected chi connectivity index (χ1v) is 8.05. The van der Waals surface area contributed by atoms with E-state index >= 15 is 0 Å². The van der Waals surface area contributed by atoms with Gasteiger partial charge in [0, 0.05) is 24.3 Å². The van der Waals surface area contributed by atoms with E-state index in [-0.39, 0.29) is 5.91 Å². The third kappa shape index (κ3) is 2.91. The van der Waals surface area contributed by atoms with Gasteiger partial charge in [-0.05, 0) is 45.2 Å². The number of aromatic nitrogens is 2. The van der Waals surface area contributed by atoms with Crippen LogP contribution < -0.4 is 0 Å². The van der Waals surface area contributed by atoms with Gasteiger partial charge < -0.3 is 4.90 Å². The number of hydrogen-bond acceptors (Lipinski definition) is 2. The number of aryl methyl sites for hydroxylation is 1. The van der Waals surface area contributed by atoms with Crippen molar-refractivity contribution in [1.82, 2.24) is 14.7 Å². The molecular weight excluding hydrogens is 274 g/mol. The highest BCUT2D eigenvalue weighted by atomic mass is 16.2. The molecule has 1 aromatic carbocycles. The molecule has 0 aliphatic carbocycles. The van der Waals surface area contributed by atoms with E-state index in [0.717, 1.165) is 48.6 Å². The molecule has 1 aliphatic heterocycles. The van der Waals surface area contributed by atoms with Crippen LogP contribution in [0, 0.1) is 13.8 Å². The largest absolute Gasteiger partial charge is 0.342 e. The Balaban J connectivity index is 1.82. The van der Waals surface area contributed by atoms with Gasteiger partial charge in [0.05, 0.1) is 17.8 Å². The lowest BCUT2D eigenvalue weighted by molar-refractivity contribution is -0.131. The van der Waals surface area contributed by atoms with Crippen LogP contribution in [0.4, 0.5) is 0 Å². The Morgan fingerprint density at radius 3 is 2.45 bits per heavy atom. The number of piperidine rings is 1. The highest BCUT2D eigenvalue weighted by Gasteiger charge is 2.21. The molecule has 1 saturated heterocycles. The van der Waals surface area contributed by atoms with Crippen molar-refractivity contribution in [2.75, 3.05) is 13.1 Å². The molecule has 0 radical (unpaired) electrons. The van der Waals surface area contributed by atoms with Crippen molar-refractivity contribution in [2.24, 2.45) is 0 Å². The fraction of sp³-hybridized carbons (Fsp3) is 0.444. The summed E-state index contributed by atoms with van der Waals surface area (Å²) < 4.78 is 1.94. The molecule has 0 N–H and O–H groups in total. The number of benzene rings is 1. The van der Waals surface area contributed by atoms with Crippen molar-refractivity contribution < 1.29 is 4.79 Å². The summed E-state index contributed by atoms with van der Waals surface area (Å²) >= 11 is 0. The fourth-order valence-corrected chi connectivity index (χ4v) is 3.16. The zero-order valence-corrected chi connectivity index (χ0v) is 13.4. The lowest BCUT2D eigenvalue weighted by atomic mass is 10.1. The third-order valence-corrected chi connectivity index (χ3v) is 4.48. The van der Waals surface area contributed by atoms with Gasteiger partial charge in [0.2, 0.25) is 5.91 Å². The number of carbonyl (C=O) groups excluding carboxylic acids is 1. The van der Waals surface area contributed by atoms with Gasteiger partial charge in [-0.1, -0.05) is 18.2 Å². The van der Waals surface area contributed by atoms with E-state index in [0.29, 0.717) is 6.42 Å². The summed E-state index contributed by atoms with van der Waals surface area (Å²) in [5.41, 5.74) is 4.12. The number of hydrogen-bond donors (Lipinski definition) is 0. The first kappa shape index (κ1) is 14.8. The van der Waals surface area contributed by atoms with Crippen LogP contribution in [0.2, 0.25) is 0 Å². The van der Waals surface area contributed by atoms with Gasteiger partial charge in [-0.2, -0.15) is 5.10 Å². The summed E-state index contributed by atoms with van der Waals surface area (Å²) in [6.07, 6.45) is 3.97. The second-order valence-electron chi connectivity index (χ2n) is 6.01. The molecular formula is C18H23N3O. The summed E-state index contributed by atoms with van der Waals surface area (Å²) in [7, 11) is 0. The molecule has 0 spiro atoms. The van der Waals surface area contributed by atoms with Crippen molar-refractivity contribution in [3.8, 4) is 5.69 Å². The number of carbonyl (C=O) groups is 1. The molecule has 22 heavy (non-hydrogen) atoms. The van der Waals surface area contributed by atoms with Crippen LogP contribution >= 0.6 is 0 Å². The second kappa shape index (κ2) is 6.34. The third-order valence-electron chi connectivity index (χ3n) is 4.48. The van der Waals surface area contributed by atoms with E-state index in [1.807, 2.05) is 53.8 Å². The Kier molecular flexibility index (Phi) is 4.27. The van der Waals surface area contributed by atoms with Crippen molar-refractivity contribution >= 4 is 5.91 Å². The maximum Gasteiger partial charge on any atom is 0.227 e.